The fourth-order valence-corrected chi connectivity index (χ4v) is 3.09. The molecule has 146 valence electrons. The third-order valence-electron chi connectivity index (χ3n) is 4.72. The van der Waals surface area contributed by atoms with Crippen LogP contribution in [0.3, 0.4) is 0 Å². The van der Waals surface area contributed by atoms with Crippen LogP contribution in [0.15, 0.2) is 48.8 Å². The minimum absolute atomic E-state index is 0.00391. The second-order valence-corrected chi connectivity index (χ2v) is 6.99. The molecule has 1 heterocycles. The second-order valence-electron chi connectivity index (χ2n) is 6.99. The van der Waals surface area contributed by atoms with Gasteiger partial charge in [0.2, 0.25) is 0 Å². The molecule has 2 aromatic rings. The average Bonchev–Trinajstić information content (AvgIpc) is 2.72. The van der Waals surface area contributed by atoms with Crippen LogP contribution in [0.2, 0.25) is 0 Å². The number of carbonyl (C=O) groups is 1. The minimum Gasteiger partial charge on any atom is -0.380 e. The Hall–Kier alpha value is -2.36. The van der Waals surface area contributed by atoms with Crippen molar-refractivity contribution in [2.75, 3.05) is 11.9 Å². The van der Waals surface area contributed by atoms with Gasteiger partial charge in [-0.25, -0.2) is 0 Å². The van der Waals surface area contributed by atoms with E-state index in [9.17, 15) is 4.79 Å². The molecule has 4 nitrogen and oxygen atoms in total. The summed E-state index contributed by atoms with van der Waals surface area (Å²) in [6, 6.07) is 11.6. The van der Waals surface area contributed by atoms with E-state index < -0.39 is 0 Å². The highest BCUT2D eigenvalue weighted by Gasteiger charge is 2.10. The first-order valence-electron chi connectivity index (χ1n) is 10.3. The number of aromatic nitrogens is 1. The number of pyridine rings is 1. The van der Waals surface area contributed by atoms with Gasteiger partial charge in [-0.2, -0.15) is 0 Å². The van der Waals surface area contributed by atoms with E-state index in [1.54, 1.807) is 12.4 Å². The summed E-state index contributed by atoms with van der Waals surface area (Å²) in [6.45, 7) is 3.66. The zero-order valence-corrected chi connectivity index (χ0v) is 16.5. The SMILES string of the molecule is CCCCCCCCCCNC(=O)c1ccccc1NCc1ccncc1. The highest BCUT2D eigenvalue weighted by molar-refractivity contribution is 5.99. The van der Waals surface area contributed by atoms with Gasteiger partial charge in [0.15, 0.2) is 0 Å². The second kappa shape index (κ2) is 12.9. The van der Waals surface area contributed by atoms with Crippen LogP contribution in [0.1, 0.15) is 74.2 Å². The number of carbonyl (C=O) groups excluding carboxylic acids is 1. The van der Waals surface area contributed by atoms with E-state index in [1.807, 2.05) is 36.4 Å². The lowest BCUT2D eigenvalue weighted by Gasteiger charge is -2.12. The van der Waals surface area contributed by atoms with E-state index in [0.717, 1.165) is 24.2 Å². The van der Waals surface area contributed by atoms with Gasteiger partial charge >= 0.3 is 0 Å². The van der Waals surface area contributed by atoms with E-state index >= 15 is 0 Å². The maximum atomic E-state index is 12.5. The number of para-hydroxylation sites is 1. The highest BCUT2D eigenvalue weighted by Crippen LogP contribution is 2.16. The van der Waals surface area contributed by atoms with E-state index in [1.165, 1.54) is 44.9 Å². The van der Waals surface area contributed by atoms with Crippen molar-refractivity contribution in [1.29, 1.82) is 0 Å². The molecular formula is C23H33N3O. The fraction of sp³-hybridized carbons (Fsp3) is 0.478. The third kappa shape index (κ3) is 8.25. The molecule has 0 saturated carbocycles. The van der Waals surface area contributed by atoms with Gasteiger partial charge in [0.1, 0.15) is 0 Å². The van der Waals surface area contributed by atoms with Crippen LogP contribution in [0.25, 0.3) is 0 Å². The van der Waals surface area contributed by atoms with Crippen molar-refractivity contribution in [2.45, 2.75) is 64.8 Å². The predicted molar refractivity (Wildman–Crippen MR) is 113 cm³/mol. The van der Waals surface area contributed by atoms with Crippen molar-refractivity contribution in [3.05, 3.63) is 59.9 Å². The standard InChI is InChI=1S/C23H33N3O/c1-2-3-4-5-6-7-8-11-16-25-23(27)21-12-9-10-13-22(21)26-19-20-14-17-24-18-15-20/h9-10,12-15,17-18,26H,2-8,11,16,19H2,1H3,(H,25,27). The summed E-state index contributed by atoms with van der Waals surface area (Å²) in [4.78, 5) is 16.6. The first kappa shape index (κ1) is 20.9. The summed E-state index contributed by atoms with van der Waals surface area (Å²) < 4.78 is 0. The van der Waals surface area contributed by atoms with Crippen molar-refractivity contribution >= 4 is 11.6 Å². The Labute approximate surface area is 163 Å². The number of rotatable bonds is 13. The summed E-state index contributed by atoms with van der Waals surface area (Å²) >= 11 is 0. The minimum atomic E-state index is -0.00391. The lowest BCUT2D eigenvalue weighted by atomic mass is 10.1. The number of hydrogen-bond acceptors (Lipinski definition) is 3. The molecule has 0 unspecified atom stereocenters. The molecule has 1 aromatic heterocycles. The van der Waals surface area contributed by atoms with Crippen LogP contribution in [-0.4, -0.2) is 17.4 Å². The molecule has 4 heteroatoms. The smallest absolute Gasteiger partial charge is 0.253 e. The molecule has 1 amide bonds. The van der Waals surface area contributed by atoms with E-state index in [-0.39, 0.29) is 5.91 Å². The quantitative estimate of drug-likeness (QED) is 0.455. The Morgan fingerprint density at radius 1 is 0.889 bits per heavy atom. The Balaban J connectivity index is 1.70. The van der Waals surface area contributed by atoms with Crippen molar-refractivity contribution in [3.63, 3.8) is 0 Å². The van der Waals surface area contributed by atoms with Crippen molar-refractivity contribution in [3.8, 4) is 0 Å². The lowest BCUT2D eigenvalue weighted by molar-refractivity contribution is 0.0953. The van der Waals surface area contributed by atoms with Gasteiger partial charge in [0.25, 0.3) is 5.91 Å². The molecule has 0 atom stereocenters. The highest BCUT2D eigenvalue weighted by atomic mass is 16.1. The molecule has 0 fully saturated rings. The molecule has 0 bridgehead atoms. The summed E-state index contributed by atoms with van der Waals surface area (Å²) in [5, 5.41) is 6.42. The predicted octanol–water partition coefficient (Wildman–Crippen LogP) is 5.56. The van der Waals surface area contributed by atoms with Crippen LogP contribution in [0.5, 0.6) is 0 Å². The Morgan fingerprint density at radius 2 is 1.56 bits per heavy atom. The van der Waals surface area contributed by atoms with Gasteiger partial charge in [-0.3, -0.25) is 9.78 Å². The molecular weight excluding hydrogens is 334 g/mol. The Morgan fingerprint density at radius 3 is 2.30 bits per heavy atom. The number of anilines is 1. The van der Waals surface area contributed by atoms with Crippen LogP contribution in [-0.2, 0) is 6.54 Å². The first-order valence-corrected chi connectivity index (χ1v) is 10.3. The topological polar surface area (TPSA) is 54.0 Å². The fourth-order valence-electron chi connectivity index (χ4n) is 3.09. The van der Waals surface area contributed by atoms with E-state index in [4.69, 9.17) is 0 Å². The molecule has 0 radical (unpaired) electrons. The number of nitrogens with one attached hydrogen (secondary N) is 2. The van der Waals surface area contributed by atoms with Crippen LogP contribution >= 0.6 is 0 Å². The molecule has 0 spiro atoms. The van der Waals surface area contributed by atoms with E-state index in [0.29, 0.717) is 12.1 Å². The molecule has 1 aromatic carbocycles. The van der Waals surface area contributed by atoms with Crippen molar-refractivity contribution < 1.29 is 4.79 Å². The summed E-state index contributed by atoms with van der Waals surface area (Å²) in [5.41, 5.74) is 2.70. The number of hydrogen-bond donors (Lipinski definition) is 2. The Kier molecular flexibility index (Phi) is 10.0. The summed E-state index contributed by atoms with van der Waals surface area (Å²) in [6.07, 6.45) is 13.7. The monoisotopic (exact) mass is 367 g/mol. The van der Waals surface area contributed by atoms with Crippen LogP contribution < -0.4 is 10.6 Å². The zero-order valence-electron chi connectivity index (χ0n) is 16.5. The summed E-state index contributed by atoms with van der Waals surface area (Å²) in [7, 11) is 0. The number of amides is 1. The van der Waals surface area contributed by atoms with Crippen molar-refractivity contribution in [2.24, 2.45) is 0 Å². The van der Waals surface area contributed by atoms with Crippen molar-refractivity contribution in [1.82, 2.24) is 10.3 Å². The van der Waals surface area contributed by atoms with E-state index in [2.05, 4.69) is 22.5 Å². The average molecular weight is 368 g/mol. The molecule has 0 aliphatic rings. The largest absolute Gasteiger partial charge is 0.380 e. The van der Waals surface area contributed by atoms with Gasteiger partial charge < -0.3 is 10.6 Å². The molecule has 2 rings (SSSR count). The molecule has 2 N–H and O–H groups in total. The van der Waals surface area contributed by atoms with Crippen LogP contribution in [0, 0.1) is 0 Å². The summed E-state index contributed by atoms with van der Waals surface area (Å²) in [5.74, 6) is -0.00391. The Bertz CT molecular complexity index is 658. The molecule has 0 saturated heterocycles. The third-order valence-corrected chi connectivity index (χ3v) is 4.72. The van der Waals surface area contributed by atoms with Gasteiger partial charge in [-0.05, 0) is 36.2 Å². The van der Waals surface area contributed by atoms with Gasteiger partial charge in [-0.15, -0.1) is 0 Å². The van der Waals surface area contributed by atoms with Gasteiger partial charge in [-0.1, -0.05) is 64.0 Å². The molecule has 0 aliphatic heterocycles. The van der Waals surface area contributed by atoms with Crippen LogP contribution in [0.4, 0.5) is 5.69 Å². The number of benzene rings is 1. The zero-order chi connectivity index (χ0) is 19.2. The number of unbranched alkanes of at least 4 members (excludes halogenated alkanes) is 7. The molecule has 0 aliphatic carbocycles. The van der Waals surface area contributed by atoms with Gasteiger partial charge in [0.05, 0.1) is 5.56 Å². The first-order chi connectivity index (χ1) is 13.3. The maximum Gasteiger partial charge on any atom is 0.253 e. The van der Waals surface area contributed by atoms with Gasteiger partial charge in [0, 0.05) is 31.2 Å². The maximum absolute atomic E-state index is 12.5. The normalized spacial score (nSPS) is 10.6. The number of nitrogens with zero attached hydrogens (tertiary/aromatic N) is 1. The lowest BCUT2D eigenvalue weighted by Crippen LogP contribution is -2.25. The molecule has 27 heavy (non-hydrogen) atoms.